The summed E-state index contributed by atoms with van der Waals surface area (Å²) in [5, 5.41) is 0. The monoisotopic (exact) mass is 474 g/mol. The average Bonchev–Trinajstić information content (AvgIpc) is 2.87. The SMILES string of the molecule is Cc1cccc(/C(=C\CN2CCC(c3ccccc3)CC2)CN(C)S(=O)(=O)c2ccccc2)c1. The Morgan fingerprint density at radius 3 is 2.24 bits per heavy atom. The third-order valence-electron chi connectivity index (χ3n) is 6.69. The van der Waals surface area contributed by atoms with Gasteiger partial charge in [-0.1, -0.05) is 84.4 Å². The lowest BCUT2D eigenvalue weighted by Gasteiger charge is -2.31. The molecule has 34 heavy (non-hydrogen) atoms. The van der Waals surface area contributed by atoms with Crippen molar-refractivity contribution in [3.63, 3.8) is 0 Å². The maximum atomic E-state index is 13.1. The maximum Gasteiger partial charge on any atom is 0.243 e. The van der Waals surface area contributed by atoms with Crippen LogP contribution in [0.4, 0.5) is 0 Å². The van der Waals surface area contributed by atoms with E-state index in [-0.39, 0.29) is 0 Å². The van der Waals surface area contributed by atoms with Gasteiger partial charge in [0.25, 0.3) is 0 Å². The van der Waals surface area contributed by atoms with Gasteiger partial charge in [0.2, 0.25) is 10.0 Å². The first-order valence-corrected chi connectivity index (χ1v) is 13.4. The van der Waals surface area contributed by atoms with Crippen molar-refractivity contribution >= 4 is 15.6 Å². The molecule has 5 heteroatoms. The van der Waals surface area contributed by atoms with Crippen molar-refractivity contribution < 1.29 is 8.42 Å². The molecule has 1 heterocycles. The Kier molecular flexibility index (Phi) is 7.99. The van der Waals surface area contributed by atoms with Crippen molar-refractivity contribution in [3.8, 4) is 0 Å². The van der Waals surface area contributed by atoms with Gasteiger partial charge in [0, 0.05) is 20.1 Å². The van der Waals surface area contributed by atoms with Crippen LogP contribution in [0.3, 0.4) is 0 Å². The van der Waals surface area contributed by atoms with Gasteiger partial charge >= 0.3 is 0 Å². The second kappa shape index (κ2) is 11.1. The predicted molar refractivity (Wildman–Crippen MR) is 140 cm³/mol. The molecule has 4 rings (SSSR count). The molecule has 3 aromatic carbocycles. The molecule has 0 spiro atoms. The van der Waals surface area contributed by atoms with Crippen LogP contribution in [0.2, 0.25) is 0 Å². The normalized spacial score (nSPS) is 16.1. The van der Waals surface area contributed by atoms with Crippen LogP contribution in [-0.4, -0.2) is 50.8 Å². The van der Waals surface area contributed by atoms with Gasteiger partial charge in [-0.2, -0.15) is 4.31 Å². The van der Waals surface area contributed by atoms with Crippen molar-refractivity contribution in [2.45, 2.75) is 30.6 Å². The number of rotatable bonds is 8. The fourth-order valence-corrected chi connectivity index (χ4v) is 5.80. The summed E-state index contributed by atoms with van der Waals surface area (Å²) in [6.45, 7) is 5.33. The lowest BCUT2D eigenvalue weighted by Crippen LogP contribution is -2.33. The van der Waals surface area contributed by atoms with E-state index in [0.29, 0.717) is 17.4 Å². The summed E-state index contributed by atoms with van der Waals surface area (Å²) >= 11 is 0. The van der Waals surface area contributed by atoms with E-state index in [4.69, 9.17) is 0 Å². The highest BCUT2D eigenvalue weighted by atomic mass is 32.2. The van der Waals surface area contributed by atoms with Gasteiger partial charge < -0.3 is 0 Å². The van der Waals surface area contributed by atoms with Gasteiger partial charge in [-0.05, 0) is 67.6 Å². The number of benzene rings is 3. The van der Waals surface area contributed by atoms with E-state index in [2.05, 4.69) is 66.4 Å². The molecule has 0 N–H and O–H groups in total. The number of sulfonamides is 1. The molecule has 0 aromatic heterocycles. The second-order valence-electron chi connectivity index (χ2n) is 9.16. The largest absolute Gasteiger partial charge is 0.300 e. The molecule has 0 bridgehead atoms. The molecular formula is C29H34N2O2S. The number of likely N-dealkylation sites (tertiary alicyclic amines) is 1. The molecule has 0 saturated carbocycles. The molecule has 4 nitrogen and oxygen atoms in total. The average molecular weight is 475 g/mol. The number of hydrogen-bond acceptors (Lipinski definition) is 3. The van der Waals surface area contributed by atoms with Crippen molar-refractivity contribution in [3.05, 3.63) is 108 Å². The number of piperidine rings is 1. The van der Waals surface area contributed by atoms with Crippen LogP contribution < -0.4 is 0 Å². The molecule has 0 amide bonds. The number of likely N-dealkylation sites (N-methyl/N-ethyl adjacent to an activating group) is 1. The van der Waals surface area contributed by atoms with Gasteiger partial charge in [-0.25, -0.2) is 8.42 Å². The minimum Gasteiger partial charge on any atom is -0.300 e. The van der Waals surface area contributed by atoms with E-state index in [1.165, 1.54) is 15.4 Å². The molecule has 3 aromatic rings. The Morgan fingerprint density at radius 2 is 1.59 bits per heavy atom. The second-order valence-corrected chi connectivity index (χ2v) is 11.2. The molecule has 0 atom stereocenters. The fraction of sp³-hybridized carbons (Fsp3) is 0.310. The van der Waals surface area contributed by atoms with Gasteiger partial charge in [-0.3, -0.25) is 4.90 Å². The fourth-order valence-electron chi connectivity index (χ4n) is 4.63. The number of aryl methyl sites for hydroxylation is 1. The van der Waals surface area contributed by atoms with Gasteiger partial charge in [-0.15, -0.1) is 0 Å². The predicted octanol–water partition coefficient (Wildman–Crippen LogP) is 5.58. The maximum absolute atomic E-state index is 13.1. The Labute approximate surface area is 204 Å². The van der Waals surface area contributed by atoms with E-state index in [9.17, 15) is 8.42 Å². The van der Waals surface area contributed by atoms with Gasteiger partial charge in [0.05, 0.1) is 4.90 Å². The lowest BCUT2D eigenvalue weighted by molar-refractivity contribution is 0.232. The molecule has 1 aliphatic heterocycles. The topological polar surface area (TPSA) is 40.6 Å². The first-order valence-electron chi connectivity index (χ1n) is 12.0. The molecule has 1 fully saturated rings. The summed E-state index contributed by atoms with van der Waals surface area (Å²) in [4.78, 5) is 2.80. The van der Waals surface area contributed by atoms with Crippen molar-refractivity contribution in [1.29, 1.82) is 0 Å². The highest BCUT2D eigenvalue weighted by molar-refractivity contribution is 7.89. The zero-order chi connectivity index (χ0) is 24.0. The molecular weight excluding hydrogens is 440 g/mol. The van der Waals surface area contributed by atoms with Crippen molar-refractivity contribution in [2.24, 2.45) is 0 Å². The highest BCUT2D eigenvalue weighted by Crippen LogP contribution is 2.28. The minimum atomic E-state index is -3.55. The summed E-state index contributed by atoms with van der Waals surface area (Å²) in [6.07, 6.45) is 4.52. The Balaban J connectivity index is 1.48. The molecule has 1 saturated heterocycles. The molecule has 0 unspecified atom stereocenters. The molecule has 0 radical (unpaired) electrons. The summed E-state index contributed by atoms with van der Waals surface area (Å²) in [5.74, 6) is 0.625. The van der Waals surface area contributed by atoms with Crippen LogP contribution in [0.1, 0.15) is 35.4 Å². The quantitative estimate of drug-likeness (QED) is 0.428. The van der Waals surface area contributed by atoms with Gasteiger partial charge in [0.15, 0.2) is 0 Å². The third kappa shape index (κ3) is 6.03. The van der Waals surface area contributed by atoms with Gasteiger partial charge in [0.1, 0.15) is 0 Å². The number of nitrogens with zero attached hydrogens (tertiary/aromatic N) is 2. The van der Waals surface area contributed by atoms with Crippen LogP contribution in [0.15, 0.2) is 95.9 Å². The third-order valence-corrected chi connectivity index (χ3v) is 8.51. The lowest BCUT2D eigenvalue weighted by atomic mass is 9.89. The van der Waals surface area contributed by atoms with Crippen molar-refractivity contribution in [2.75, 3.05) is 33.2 Å². The minimum absolute atomic E-state index is 0.323. The first kappa shape index (κ1) is 24.4. The van der Waals surface area contributed by atoms with E-state index in [1.807, 2.05) is 12.1 Å². The summed E-state index contributed by atoms with van der Waals surface area (Å²) in [6, 6.07) is 27.8. The summed E-state index contributed by atoms with van der Waals surface area (Å²) < 4.78 is 27.7. The smallest absolute Gasteiger partial charge is 0.243 e. The van der Waals surface area contributed by atoms with E-state index in [0.717, 1.165) is 43.6 Å². The molecule has 178 valence electrons. The van der Waals surface area contributed by atoms with Crippen LogP contribution in [0.25, 0.3) is 5.57 Å². The highest BCUT2D eigenvalue weighted by Gasteiger charge is 2.23. The Hall–Kier alpha value is -2.73. The molecule has 1 aliphatic rings. The van der Waals surface area contributed by atoms with E-state index >= 15 is 0 Å². The van der Waals surface area contributed by atoms with E-state index < -0.39 is 10.0 Å². The summed E-state index contributed by atoms with van der Waals surface area (Å²) in [5.41, 5.74) is 4.72. The zero-order valence-electron chi connectivity index (χ0n) is 20.1. The van der Waals surface area contributed by atoms with Crippen molar-refractivity contribution in [1.82, 2.24) is 9.21 Å². The first-order chi connectivity index (χ1) is 16.4. The molecule has 0 aliphatic carbocycles. The standard InChI is InChI=1S/C29H34N2O2S/c1-24-10-9-13-27(22-24)28(23-30(2)34(32,33)29-14-7-4-8-15-29)18-21-31-19-16-26(17-20-31)25-11-5-3-6-12-25/h3-15,18,22,26H,16-17,19-21,23H2,1-2H3/b28-18-. The van der Waals surface area contributed by atoms with Crippen LogP contribution in [-0.2, 0) is 10.0 Å². The van der Waals surface area contributed by atoms with Crippen LogP contribution in [0.5, 0.6) is 0 Å². The zero-order valence-corrected chi connectivity index (χ0v) is 20.9. The van der Waals surface area contributed by atoms with E-state index in [1.54, 1.807) is 31.3 Å². The Morgan fingerprint density at radius 1 is 0.941 bits per heavy atom. The Bertz CT molecular complexity index is 1200. The summed E-state index contributed by atoms with van der Waals surface area (Å²) in [7, 11) is -1.89. The number of hydrogen-bond donors (Lipinski definition) is 0. The van der Waals surface area contributed by atoms with Crippen LogP contribution in [0, 0.1) is 6.92 Å². The van der Waals surface area contributed by atoms with Crippen LogP contribution >= 0.6 is 0 Å².